The molecule has 0 saturated carbocycles. The predicted molar refractivity (Wildman–Crippen MR) is 140 cm³/mol. The Morgan fingerprint density at radius 2 is 1.71 bits per heavy atom. The lowest BCUT2D eigenvalue weighted by Crippen LogP contribution is -2.54. The number of urea groups is 1. The summed E-state index contributed by atoms with van der Waals surface area (Å²) in [4.78, 5) is 39.5. The van der Waals surface area contributed by atoms with Crippen LogP contribution in [0, 0.1) is 5.82 Å². The first-order chi connectivity index (χ1) is 18.4. The van der Waals surface area contributed by atoms with E-state index in [0.29, 0.717) is 35.0 Å². The third-order valence-electron chi connectivity index (χ3n) is 5.77. The van der Waals surface area contributed by atoms with Crippen LogP contribution in [0.4, 0.5) is 14.9 Å². The van der Waals surface area contributed by atoms with Gasteiger partial charge in [-0.05, 0) is 66.6 Å². The molecular formula is C29H27FN2O6. The third-order valence-corrected chi connectivity index (χ3v) is 5.77. The molecule has 0 bridgehead atoms. The van der Waals surface area contributed by atoms with Gasteiger partial charge < -0.3 is 14.2 Å². The molecule has 0 aliphatic carbocycles. The van der Waals surface area contributed by atoms with Crippen LogP contribution in [-0.4, -0.2) is 31.6 Å². The fourth-order valence-corrected chi connectivity index (χ4v) is 3.75. The van der Waals surface area contributed by atoms with E-state index in [2.05, 4.69) is 12.2 Å². The van der Waals surface area contributed by atoms with Crippen molar-refractivity contribution in [2.24, 2.45) is 0 Å². The number of hydrogen-bond donors (Lipinski definition) is 1. The summed E-state index contributed by atoms with van der Waals surface area (Å²) in [6.45, 7) is 2.66. The molecule has 0 radical (unpaired) electrons. The molecule has 0 aromatic heterocycles. The number of halogens is 1. The highest BCUT2D eigenvalue weighted by Crippen LogP contribution is 2.30. The van der Waals surface area contributed by atoms with Gasteiger partial charge in [0.15, 0.2) is 0 Å². The second-order valence-electron chi connectivity index (χ2n) is 8.48. The molecule has 9 heteroatoms. The number of amides is 4. The maximum Gasteiger partial charge on any atom is 0.335 e. The van der Waals surface area contributed by atoms with Crippen molar-refractivity contribution >= 4 is 29.6 Å². The van der Waals surface area contributed by atoms with Crippen LogP contribution < -0.4 is 24.4 Å². The van der Waals surface area contributed by atoms with Gasteiger partial charge in [0, 0.05) is 11.6 Å². The second-order valence-corrected chi connectivity index (χ2v) is 8.48. The van der Waals surface area contributed by atoms with Crippen molar-refractivity contribution < 1.29 is 33.0 Å². The number of benzene rings is 3. The van der Waals surface area contributed by atoms with Gasteiger partial charge >= 0.3 is 6.03 Å². The van der Waals surface area contributed by atoms with Crippen molar-refractivity contribution in [1.82, 2.24) is 5.32 Å². The number of nitrogens with zero attached hydrogens (tertiary/aromatic N) is 1. The molecule has 1 aliphatic heterocycles. The fourth-order valence-electron chi connectivity index (χ4n) is 3.75. The molecule has 3 aromatic carbocycles. The largest absolute Gasteiger partial charge is 0.497 e. The van der Waals surface area contributed by atoms with Gasteiger partial charge in [-0.2, -0.15) is 0 Å². The van der Waals surface area contributed by atoms with Crippen molar-refractivity contribution in [3.8, 4) is 17.2 Å². The highest BCUT2D eigenvalue weighted by Gasteiger charge is 2.37. The third kappa shape index (κ3) is 6.18. The number of unbranched alkanes of at least 4 members (excludes halogenated alkanes) is 1. The molecule has 0 atom stereocenters. The Morgan fingerprint density at radius 1 is 0.947 bits per heavy atom. The first-order valence-electron chi connectivity index (χ1n) is 12.1. The highest BCUT2D eigenvalue weighted by molar-refractivity contribution is 6.39. The Kier molecular flexibility index (Phi) is 8.37. The standard InChI is InChI=1S/C29H27FN2O6/c1-3-4-14-37-23-12-9-22(10-13-23)32-28(34)25(27(33)31-29(32)35)16-20-8-11-24(36-2)17-26(20)38-18-19-6-5-7-21(30)15-19/h5-13,15-17H,3-4,14,18H2,1-2H3,(H,31,33,35)/b25-16-. The molecule has 0 spiro atoms. The van der Waals surface area contributed by atoms with Crippen molar-refractivity contribution in [1.29, 1.82) is 0 Å². The van der Waals surface area contributed by atoms with Crippen molar-refractivity contribution in [2.75, 3.05) is 18.6 Å². The number of ether oxygens (including phenoxy) is 3. The normalized spacial score (nSPS) is 14.4. The zero-order valence-electron chi connectivity index (χ0n) is 21.0. The van der Waals surface area contributed by atoms with E-state index in [4.69, 9.17) is 14.2 Å². The molecular weight excluding hydrogens is 491 g/mol. The predicted octanol–water partition coefficient (Wildman–Crippen LogP) is 5.26. The topological polar surface area (TPSA) is 94.2 Å². The minimum atomic E-state index is -0.853. The number of nitrogens with one attached hydrogen (secondary N) is 1. The van der Waals surface area contributed by atoms with E-state index in [1.807, 2.05) is 0 Å². The number of imide groups is 2. The number of carbonyl (C=O) groups is 3. The van der Waals surface area contributed by atoms with E-state index >= 15 is 0 Å². The van der Waals surface area contributed by atoms with E-state index < -0.39 is 23.7 Å². The number of rotatable bonds is 10. The molecule has 4 rings (SSSR count). The zero-order valence-corrected chi connectivity index (χ0v) is 21.0. The van der Waals surface area contributed by atoms with Gasteiger partial charge in [-0.25, -0.2) is 14.1 Å². The van der Waals surface area contributed by atoms with Crippen LogP contribution in [0.5, 0.6) is 17.2 Å². The Morgan fingerprint density at radius 3 is 2.42 bits per heavy atom. The SMILES string of the molecule is CCCCOc1ccc(N2C(=O)NC(=O)/C(=C/c3ccc(OC)cc3OCc3cccc(F)c3)C2=O)cc1. The van der Waals surface area contributed by atoms with Crippen molar-refractivity contribution in [3.05, 3.63) is 89.2 Å². The fraction of sp³-hybridized carbons (Fsp3) is 0.207. The van der Waals surface area contributed by atoms with Crippen LogP contribution in [0.25, 0.3) is 6.08 Å². The lowest BCUT2D eigenvalue weighted by molar-refractivity contribution is -0.122. The molecule has 38 heavy (non-hydrogen) atoms. The van der Waals surface area contributed by atoms with Gasteiger partial charge in [0.05, 0.1) is 19.4 Å². The van der Waals surface area contributed by atoms with E-state index in [0.717, 1.165) is 17.7 Å². The average molecular weight is 519 g/mol. The van der Waals surface area contributed by atoms with Gasteiger partial charge in [-0.3, -0.25) is 14.9 Å². The van der Waals surface area contributed by atoms with Crippen LogP contribution in [0.15, 0.2) is 72.3 Å². The number of methoxy groups -OCH3 is 1. The summed E-state index contributed by atoms with van der Waals surface area (Å²) >= 11 is 0. The van der Waals surface area contributed by atoms with Gasteiger partial charge in [0.25, 0.3) is 11.8 Å². The van der Waals surface area contributed by atoms with E-state index in [9.17, 15) is 18.8 Å². The second kappa shape index (κ2) is 12.1. The van der Waals surface area contributed by atoms with Crippen LogP contribution in [0.2, 0.25) is 0 Å². The lowest BCUT2D eigenvalue weighted by atomic mass is 10.1. The van der Waals surface area contributed by atoms with Gasteiger partial charge in [-0.1, -0.05) is 25.5 Å². The van der Waals surface area contributed by atoms with E-state index in [1.165, 1.54) is 25.3 Å². The molecule has 0 unspecified atom stereocenters. The number of anilines is 1. The summed E-state index contributed by atoms with van der Waals surface area (Å²) in [5, 5.41) is 2.21. The maximum absolute atomic E-state index is 13.6. The minimum Gasteiger partial charge on any atom is -0.497 e. The van der Waals surface area contributed by atoms with Crippen LogP contribution in [0.1, 0.15) is 30.9 Å². The average Bonchev–Trinajstić information content (AvgIpc) is 2.91. The number of hydrogen-bond acceptors (Lipinski definition) is 6. The molecule has 1 N–H and O–H groups in total. The molecule has 1 aliphatic rings. The van der Waals surface area contributed by atoms with E-state index in [-0.39, 0.29) is 17.9 Å². The van der Waals surface area contributed by atoms with Crippen molar-refractivity contribution in [2.45, 2.75) is 26.4 Å². The zero-order chi connectivity index (χ0) is 27.1. The summed E-state index contributed by atoms with van der Waals surface area (Å²) < 4.78 is 30.4. The molecule has 1 fully saturated rings. The van der Waals surface area contributed by atoms with Crippen LogP contribution in [-0.2, 0) is 16.2 Å². The van der Waals surface area contributed by atoms with E-state index in [1.54, 1.807) is 54.6 Å². The highest BCUT2D eigenvalue weighted by atomic mass is 19.1. The Hall–Kier alpha value is -4.66. The van der Waals surface area contributed by atoms with Gasteiger partial charge in [0.1, 0.15) is 35.2 Å². The molecule has 4 amide bonds. The molecule has 1 heterocycles. The maximum atomic E-state index is 13.6. The van der Waals surface area contributed by atoms with Gasteiger partial charge in [-0.15, -0.1) is 0 Å². The summed E-state index contributed by atoms with van der Waals surface area (Å²) in [5.41, 5.74) is 1.02. The molecule has 3 aromatic rings. The smallest absolute Gasteiger partial charge is 0.335 e. The number of barbiturate groups is 1. The quantitative estimate of drug-likeness (QED) is 0.224. The number of carbonyl (C=O) groups excluding carboxylic acids is 3. The summed E-state index contributed by atoms with van der Waals surface area (Å²) in [7, 11) is 1.49. The Bertz CT molecular complexity index is 1370. The molecule has 196 valence electrons. The summed E-state index contributed by atoms with van der Waals surface area (Å²) in [6, 6.07) is 16.4. The van der Waals surface area contributed by atoms with Crippen molar-refractivity contribution in [3.63, 3.8) is 0 Å². The monoisotopic (exact) mass is 518 g/mol. The minimum absolute atomic E-state index is 0.0402. The van der Waals surface area contributed by atoms with Crippen LogP contribution >= 0.6 is 0 Å². The summed E-state index contributed by atoms with van der Waals surface area (Å²) in [6.07, 6.45) is 3.25. The molecule has 1 saturated heterocycles. The Balaban J connectivity index is 1.61. The molecule has 8 nitrogen and oxygen atoms in total. The lowest BCUT2D eigenvalue weighted by Gasteiger charge is -2.26. The van der Waals surface area contributed by atoms with Gasteiger partial charge in [0.2, 0.25) is 0 Å². The first kappa shape index (κ1) is 26.4. The Labute approximate surface area is 219 Å². The first-order valence-corrected chi connectivity index (χ1v) is 12.1. The summed E-state index contributed by atoms with van der Waals surface area (Å²) in [5.74, 6) is -0.614. The van der Waals surface area contributed by atoms with Crippen LogP contribution in [0.3, 0.4) is 0 Å².